The molecule has 4 heteroatoms. The highest BCUT2D eigenvalue weighted by Crippen LogP contribution is 2.33. The Labute approximate surface area is 140 Å². The maximum absolute atomic E-state index is 12.9. The second-order valence-corrected chi connectivity index (χ2v) is 6.65. The SMILES string of the molecule is Cc1ccc(C(=O)c2oc3nc4c(cc3c2N)CCCC4)c(C)c1. The van der Waals surface area contributed by atoms with Crippen molar-refractivity contribution in [2.75, 3.05) is 5.73 Å². The Hall–Kier alpha value is -2.62. The smallest absolute Gasteiger partial charge is 0.230 e. The van der Waals surface area contributed by atoms with Crippen LogP contribution < -0.4 is 5.73 Å². The molecule has 0 saturated heterocycles. The van der Waals surface area contributed by atoms with Crippen LogP contribution in [0, 0.1) is 13.8 Å². The maximum Gasteiger partial charge on any atom is 0.230 e. The average molecular weight is 320 g/mol. The first kappa shape index (κ1) is 14.9. The van der Waals surface area contributed by atoms with Crippen LogP contribution in [-0.2, 0) is 12.8 Å². The Kier molecular flexibility index (Phi) is 3.41. The summed E-state index contributed by atoms with van der Waals surface area (Å²) >= 11 is 0. The molecular formula is C20H20N2O2. The first-order chi connectivity index (χ1) is 11.5. The lowest BCUT2D eigenvalue weighted by Gasteiger charge is -2.13. The molecule has 2 aromatic heterocycles. The third kappa shape index (κ3) is 2.30. The van der Waals surface area contributed by atoms with Crippen molar-refractivity contribution >= 4 is 22.6 Å². The number of nitrogens with two attached hydrogens (primary N) is 1. The predicted molar refractivity (Wildman–Crippen MR) is 94.4 cm³/mol. The van der Waals surface area contributed by atoms with E-state index in [4.69, 9.17) is 10.2 Å². The predicted octanol–water partition coefficient (Wildman–Crippen LogP) is 4.14. The molecule has 0 bridgehead atoms. The Morgan fingerprint density at radius 3 is 2.75 bits per heavy atom. The first-order valence-electron chi connectivity index (χ1n) is 8.37. The van der Waals surface area contributed by atoms with Gasteiger partial charge in [0.1, 0.15) is 0 Å². The molecule has 1 aliphatic carbocycles. The van der Waals surface area contributed by atoms with Crippen LogP contribution in [0.5, 0.6) is 0 Å². The number of fused-ring (bicyclic) bond motifs is 2. The quantitative estimate of drug-likeness (QED) is 0.721. The molecule has 1 aliphatic rings. The topological polar surface area (TPSA) is 69.1 Å². The van der Waals surface area contributed by atoms with Crippen LogP contribution in [0.25, 0.3) is 11.1 Å². The number of aromatic nitrogens is 1. The molecule has 2 heterocycles. The minimum atomic E-state index is -0.180. The highest BCUT2D eigenvalue weighted by molar-refractivity contribution is 6.14. The van der Waals surface area contributed by atoms with Crippen molar-refractivity contribution in [3.8, 4) is 0 Å². The second-order valence-electron chi connectivity index (χ2n) is 6.65. The number of nitrogens with zero attached hydrogens (tertiary/aromatic N) is 1. The number of furan rings is 1. The molecule has 0 fully saturated rings. The minimum Gasteiger partial charge on any atom is -0.432 e. The van der Waals surface area contributed by atoms with Gasteiger partial charge in [0.25, 0.3) is 0 Å². The van der Waals surface area contributed by atoms with Crippen molar-refractivity contribution in [3.63, 3.8) is 0 Å². The highest BCUT2D eigenvalue weighted by Gasteiger charge is 2.24. The van der Waals surface area contributed by atoms with Gasteiger partial charge in [-0.3, -0.25) is 4.79 Å². The van der Waals surface area contributed by atoms with E-state index in [0.29, 0.717) is 17.0 Å². The number of hydrogen-bond acceptors (Lipinski definition) is 4. The Morgan fingerprint density at radius 1 is 1.17 bits per heavy atom. The number of rotatable bonds is 2. The molecule has 0 atom stereocenters. The van der Waals surface area contributed by atoms with E-state index >= 15 is 0 Å². The standard InChI is InChI=1S/C20H20N2O2/c1-11-7-8-14(12(2)9-11)18(23)19-17(21)15-10-13-5-3-4-6-16(13)22-20(15)24-19/h7-10H,3-6,21H2,1-2H3. The number of benzene rings is 1. The van der Waals surface area contributed by atoms with Crippen LogP contribution in [0.3, 0.4) is 0 Å². The molecule has 4 rings (SSSR count). The molecule has 0 unspecified atom stereocenters. The summed E-state index contributed by atoms with van der Waals surface area (Å²) in [5.41, 5.74) is 12.1. The molecule has 0 aliphatic heterocycles. The van der Waals surface area contributed by atoms with E-state index in [1.807, 2.05) is 32.0 Å². The summed E-state index contributed by atoms with van der Waals surface area (Å²) in [6.07, 6.45) is 4.30. The molecule has 3 aromatic rings. The van der Waals surface area contributed by atoms with E-state index in [0.717, 1.165) is 41.5 Å². The van der Waals surface area contributed by atoms with Crippen LogP contribution >= 0.6 is 0 Å². The largest absolute Gasteiger partial charge is 0.432 e. The summed E-state index contributed by atoms with van der Waals surface area (Å²) in [5.74, 6) is 0.0211. The van der Waals surface area contributed by atoms with Gasteiger partial charge in [0.2, 0.25) is 17.3 Å². The van der Waals surface area contributed by atoms with E-state index < -0.39 is 0 Å². The summed E-state index contributed by atoms with van der Waals surface area (Å²) in [6.45, 7) is 3.93. The minimum absolute atomic E-state index is 0.180. The third-order valence-electron chi connectivity index (χ3n) is 4.83. The van der Waals surface area contributed by atoms with Crippen LogP contribution in [0.1, 0.15) is 51.3 Å². The van der Waals surface area contributed by atoms with Gasteiger partial charge in [-0.25, -0.2) is 4.98 Å². The van der Waals surface area contributed by atoms with Gasteiger partial charge in [0, 0.05) is 11.3 Å². The zero-order valence-electron chi connectivity index (χ0n) is 14.0. The summed E-state index contributed by atoms with van der Waals surface area (Å²) in [7, 11) is 0. The van der Waals surface area contributed by atoms with Gasteiger partial charge in [-0.1, -0.05) is 23.8 Å². The molecule has 0 spiro atoms. The van der Waals surface area contributed by atoms with Gasteiger partial charge in [-0.15, -0.1) is 0 Å². The lowest BCUT2D eigenvalue weighted by atomic mass is 9.95. The molecule has 0 radical (unpaired) electrons. The Morgan fingerprint density at radius 2 is 1.96 bits per heavy atom. The van der Waals surface area contributed by atoms with Gasteiger partial charge < -0.3 is 10.2 Å². The summed E-state index contributed by atoms with van der Waals surface area (Å²) in [4.78, 5) is 17.5. The average Bonchev–Trinajstić information content (AvgIpc) is 2.88. The first-order valence-corrected chi connectivity index (χ1v) is 8.37. The van der Waals surface area contributed by atoms with E-state index in [1.54, 1.807) is 0 Å². The summed E-state index contributed by atoms with van der Waals surface area (Å²) < 4.78 is 5.78. The number of anilines is 1. The lowest BCUT2D eigenvalue weighted by molar-refractivity contribution is 0.101. The van der Waals surface area contributed by atoms with Crippen LogP contribution in [0.2, 0.25) is 0 Å². The molecule has 122 valence electrons. The van der Waals surface area contributed by atoms with Crippen molar-refractivity contribution in [1.82, 2.24) is 4.98 Å². The maximum atomic E-state index is 12.9. The van der Waals surface area contributed by atoms with Gasteiger partial charge in [0.15, 0.2) is 0 Å². The molecule has 0 saturated carbocycles. The lowest BCUT2D eigenvalue weighted by Crippen LogP contribution is -2.05. The summed E-state index contributed by atoms with van der Waals surface area (Å²) in [5, 5.41) is 0.753. The normalized spacial score (nSPS) is 13.9. The molecule has 24 heavy (non-hydrogen) atoms. The van der Waals surface area contributed by atoms with Crippen molar-refractivity contribution < 1.29 is 9.21 Å². The Balaban J connectivity index is 1.84. The van der Waals surface area contributed by atoms with Gasteiger partial charge in [-0.2, -0.15) is 0 Å². The fraction of sp³-hybridized carbons (Fsp3) is 0.300. The zero-order valence-corrected chi connectivity index (χ0v) is 14.0. The number of ketones is 1. The van der Waals surface area contributed by atoms with Crippen molar-refractivity contribution in [2.45, 2.75) is 39.5 Å². The number of pyridine rings is 1. The van der Waals surface area contributed by atoms with Gasteiger partial charge in [0.05, 0.1) is 11.1 Å². The van der Waals surface area contributed by atoms with Crippen molar-refractivity contribution in [2.24, 2.45) is 0 Å². The van der Waals surface area contributed by atoms with Gasteiger partial charge in [-0.05, 0) is 56.7 Å². The number of carbonyl (C=O) groups excluding carboxylic acids is 1. The summed E-state index contributed by atoms with van der Waals surface area (Å²) in [6, 6.07) is 7.80. The Bertz CT molecular complexity index is 969. The van der Waals surface area contributed by atoms with Crippen molar-refractivity contribution in [1.29, 1.82) is 0 Å². The van der Waals surface area contributed by atoms with Crippen LogP contribution in [-0.4, -0.2) is 10.8 Å². The molecular weight excluding hydrogens is 300 g/mol. The molecule has 1 aromatic carbocycles. The molecule has 4 nitrogen and oxygen atoms in total. The fourth-order valence-electron chi connectivity index (χ4n) is 3.52. The zero-order chi connectivity index (χ0) is 16.8. The molecule has 0 amide bonds. The number of nitrogen functional groups attached to an aromatic ring is 1. The third-order valence-corrected chi connectivity index (χ3v) is 4.83. The van der Waals surface area contributed by atoms with E-state index in [2.05, 4.69) is 11.1 Å². The van der Waals surface area contributed by atoms with E-state index in [9.17, 15) is 4.79 Å². The second kappa shape index (κ2) is 5.48. The van der Waals surface area contributed by atoms with Crippen LogP contribution in [0.4, 0.5) is 5.69 Å². The highest BCUT2D eigenvalue weighted by atomic mass is 16.4. The number of aryl methyl sites for hydroxylation is 4. The fourth-order valence-corrected chi connectivity index (χ4v) is 3.52. The monoisotopic (exact) mass is 320 g/mol. The van der Waals surface area contributed by atoms with Crippen LogP contribution in [0.15, 0.2) is 28.7 Å². The number of hydrogen-bond donors (Lipinski definition) is 1. The van der Waals surface area contributed by atoms with Crippen molar-refractivity contribution in [3.05, 3.63) is 58.0 Å². The van der Waals surface area contributed by atoms with E-state index in [-0.39, 0.29) is 11.5 Å². The molecule has 2 N–H and O–H groups in total. The number of carbonyl (C=O) groups is 1. The van der Waals surface area contributed by atoms with Gasteiger partial charge >= 0.3 is 0 Å². The van der Waals surface area contributed by atoms with E-state index in [1.165, 1.54) is 12.0 Å².